The third-order valence-electron chi connectivity index (χ3n) is 1.53. The maximum absolute atomic E-state index is 12.9. The summed E-state index contributed by atoms with van der Waals surface area (Å²) in [6.07, 6.45) is 0. The van der Waals surface area contributed by atoms with Crippen molar-refractivity contribution in [2.45, 2.75) is 20.5 Å². The van der Waals surface area contributed by atoms with Crippen LogP contribution in [0.25, 0.3) is 0 Å². The zero-order valence-corrected chi connectivity index (χ0v) is 6.56. The standard InChI is InChI=1S/C8H10F2N/c1-6-3-7(2)11(10)8(4-6)5-9/h3-4H,5H2,1-2H3/q+1. The molecule has 1 nitrogen and oxygen atoms in total. The van der Waals surface area contributed by atoms with E-state index in [0.29, 0.717) is 10.5 Å². The van der Waals surface area contributed by atoms with Crippen LogP contribution >= 0.6 is 0 Å². The van der Waals surface area contributed by atoms with E-state index in [2.05, 4.69) is 0 Å². The molecule has 0 aromatic carbocycles. The molecule has 0 radical (unpaired) electrons. The van der Waals surface area contributed by atoms with Gasteiger partial charge in [-0.15, -0.1) is 0 Å². The summed E-state index contributed by atoms with van der Waals surface area (Å²) in [6, 6.07) is 3.16. The zero-order valence-electron chi connectivity index (χ0n) is 6.56. The van der Waals surface area contributed by atoms with Gasteiger partial charge in [-0.3, -0.25) is 0 Å². The Morgan fingerprint density at radius 2 is 2.00 bits per heavy atom. The fourth-order valence-corrected chi connectivity index (χ4v) is 1.06. The Morgan fingerprint density at radius 3 is 2.55 bits per heavy atom. The number of alkyl halides is 1. The van der Waals surface area contributed by atoms with Crippen LogP contribution in [0.3, 0.4) is 0 Å². The van der Waals surface area contributed by atoms with Gasteiger partial charge in [-0.25, -0.2) is 4.39 Å². The topological polar surface area (TPSA) is 3.88 Å². The molecule has 11 heavy (non-hydrogen) atoms. The summed E-state index contributed by atoms with van der Waals surface area (Å²) in [5.41, 5.74) is 1.38. The van der Waals surface area contributed by atoms with E-state index >= 15 is 0 Å². The van der Waals surface area contributed by atoms with Gasteiger partial charge in [-0.2, -0.15) is 0 Å². The second-order valence-corrected chi connectivity index (χ2v) is 2.58. The Kier molecular flexibility index (Phi) is 2.17. The second kappa shape index (κ2) is 2.95. The third kappa shape index (κ3) is 1.53. The molecular formula is C8H10F2N+. The predicted molar refractivity (Wildman–Crippen MR) is 37.4 cm³/mol. The first-order valence-corrected chi connectivity index (χ1v) is 3.39. The van der Waals surface area contributed by atoms with Crippen LogP contribution in [0.15, 0.2) is 12.1 Å². The highest BCUT2D eigenvalue weighted by molar-refractivity contribution is 5.13. The first-order chi connectivity index (χ1) is 5.15. The average Bonchev–Trinajstić information content (AvgIpc) is 1.96. The van der Waals surface area contributed by atoms with Gasteiger partial charge in [0.2, 0.25) is 5.69 Å². The van der Waals surface area contributed by atoms with Crippen LogP contribution in [0.5, 0.6) is 0 Å². The molecule has 0 spiro atoms. The fourth-order valence-electron chi connectivity index (χ4n) is 1.06. The number of halogens is 2. The zero-order chi connectivity index (χ0) is 8.43. The smallest absolute Gasteiger partial charge is 0.239 e. The van der Waals surface area contributed by atoms with Gasteiger partial charge < -0.3 is 0 Å². The molecule has 1 heterocycles. The van der Waals surface area contributed by atoms with Crippen molar-refractivity contribution in [1.29, 1.82) is 0 Å². The Balaban J connectivity index is 3.24. The summed E-state index contributed by atoms with van der Waals surface area (Å²) in [5.74, 6) is 0. The van der Waals surface area contributed by atoms with Crippen molar-refractivity contribution in [1.82, 2.24) is 0 Å². The monoisotopic (exact) mass is 158 g/mol. The Hall–Kier alpha value is -0.990. The highest BCUT2D eigenvalue weighted by Crippen LogP contribution is 2.03. The van der Waals surface area contributed by atoms with E-state index in [1.807, 2.05) is 6.92 Å². The van der Waals surface area contributed by atoms with Crippen molar-refractivity contribution in [3.63, 3.8) is 0 Å². The molecule has 0 unspecified atom stereocenters. The number of hydrogen-bond donors (Lipinski definition) is 0. The lowest BCUT2D eigenvalue weighted by Gasteiger charge is -1.93. The van der Waals surface area contributed by atoms with Gasteiger partial charge in [0.05, 0.1) is 4.48 Å². The van der Waals surface area contributed by atoms with Crippen LogP contribution in [-0.4, -0.2) is 0 Å². The van der Waals surface area contributed by atoms with Crippen LogP contribution in [0.4, 0.5) is 8.87 Å². The lowest BCUT2D eigenvalue weighted by atomic mass is 10.2. The molecule has 3 heteroatoms. The average molecular weight is 158 g/mol. The molecule has 0 amide bonds. The lowest BCUT2D eigenvalue weighted by molar-refractivity contribution is -0.854. The lowest BCUT2D eigenvalue weighted by Crippen LogP contribution is -2.31. The first-order valence-electron chi connectivity index (χ1n) is 3.39. The van der Waals surface area contributed by atoms with E-state index in [1.165, 1.54) is 6.07 Å². The van der Waals surface area contributed by atoms with E-state index in [1.54, 1.807) is 13.0 Å². The molecule has 0 fully saturated rings. The molecule has 1 aromatic rings. The number of aromatic nitrogens is 1. The predicted octanol–water partition coefficient (Wildman–Crippen LogP) is 1.79. The highest BCUT2D eigenvalue weighted by Gasteiger charge is 2.14. The summed E-state index contributed by atoms with van der Waals surface area (Å²) in [6.45, 7) is 2.65. The van der Waals surface area contributed by atoms with Gasteiger partial charge in [-0.1, -0.05) is 0 Å². The van der Waals surface area contributed by atoms with Crippen molar-refractivity contribution < 1.29 is 13.7 Å². The molecule has 0 saturated carbocycles. The van der Waals surface area contributed by atoms with Crippen molar-refractivity contribution in [3.05, 3.63) is 29.1 Å². The maximum atomic E-state index is 12.9. The van der Waals surface area contributed by atoms with Gasteiger partial charge >= 0.3 is 0 Å². The maximum Gasteiger partial charge on any atom is 0.261 e. The van der Waals surface area contributed by atoms with E-state index in [0.717, 1.165) is 5.56 Å². The number of pyridine rings is 1. The van der Waals surface area contributed by atoms with E-state index in [9.17, 15) is 8.87 Å². The second-order valence-electron chi connectivity index (χ2n) is 2.58. The summed E-state index contributed by atoms with van der Waals surface area (Å²) in [5, 5.41) is 0. The van der Waals surface area contributed by atoms with Crippen molar-refractivity contribution >= 4 is 0 Å². The van der Waals surface area contributed by atoms with Crippen LogP contribution in [0.2, 0.25) is 0 Å². The van der Waals surface area contributed by atoms with Crippen molar-refractivity contribution in [2.75, 3.05) is 0 Å². The summed E-state index contributed by atoms with van der Waals surface area (Å²) in [4.78, 5) is 0.368. The minimum Gasteiger partial charge on any atom is -0.239 e. The van der Waals surface area contributed by atoms with Crippen LogP contribution < -0.4 is 4.79 Å². The van der Waals surface area contributed by atoms with Gasteiger partial charge in [0, 0.05) is 23.8 Å². The van der Waals surface area contributed by atoms with Gasteiger partial charge in [0.1, 0.15) is 0 Å². The van der Waals surface area contributed by atoms with Gasteiger partial charge in [0.15, 0.2) is 6.67 Å². The molecule has 0 aliphatic heterocycles. The van der Waals surface area contributed by atoms with Gasteiger partial charge in [0.25, 0.3) is 5.69 Å². The molecule has 0 bridgehead atoms. The Morgan fingerprint density at radius 1 is 1.36 bits per heavy atom. The Labute approximate surface area is 64.2 Å². The quantitative estimate of drug-likeness (QED) is 0.586. The van der Waals surface area contributed by atoms with Crippen molar-refractivity contribution in [2.24, 2.45) is 0 Å². The van der Waals surface area contributed by atoms with Crippen molar-refractivity contribution in [3.8, 4) is 0 Å². The number of aryl methyl sites for hydroxylation is 2. The van der Waals surface area contributed by atoms with Gasteiger partial charge in [-0.05, 0) is 12.5 Å². The van der Waals surface area contributed by atoms with E-state index < -0.39 is 6.67 Å². The highest BCUT2D eigenvalue weighted by atomic mass is 19.2. The molecule has 1 rings (SSSR count). The summed E-state index contributed by atoms with van der Waals surface area (Å²) < 4.78 is 24.9. The molecular weight excluding hydrogens is 148 g/mol. The molecule has 0 N–H and O–H groups in total. The number of nitrogens with zero attached hydrogens (tertiary/aromatic N) is 1. The molecule has 0 aliphatic rings. The minimum absolute atomic E-state index is 0.0718. The van der Waals surface area contributed by atoms with Crippen LogP contribution in [-0.2, 0) is 6.67 Å². The number of hydrogen-bond acceptors (Lipinski definition) is 0. The molecule has 0 saturated heterocycles. The number of rotatable bonds is 1. The summed E-state index contributed by atoms with van der Waals surface area (Å²) in [7, 11) is 0. The molecule has 1 aromatic heterocycles. The largest absolute Gasteiger partial charge is 0.261 e. The molecule has 0 atom stereocenters. The SMILES string of the molecule is Cc1cc(C)[n+](F)c(CF)c1. The van der Waals surface area contributed by atoms with E-state index in [4.69, 9.17) is 0 Å². The minimum atomic E-state index is -0.765. The van der Waals surface area contributed by atoms with E-state index in [-0.39, 0.29) is 5.69 Å². The fraction of sp³-hybridized carbons (Fsp3) is 0.375. The Bertz CT molecular complexity index is 271. The normalized spacial score (nSPS) is 10.2. The van der Waals surface area contributed by atoms with Crippen LogP contribution in [0.1, 0.15) is 17.0 Å². The molecule has 0 aliphatic carbocycles. The molecule has 60 valence electrons. The summed E-state index contributed by atoms with van der Waals surface area (Å²) >= 11 is 0. The first kappa shape index (κ1) is 8.11. The third-order valence-corrected chi connectivity index (χ3v) is 1.53. The van der Waals surface area contributed by atoms with Crippen LogP contribution in [0, 0.1) is 13.8 Å².